The molecule has 0 aliphatic rings. The lowest BCUT2D eigenvalue weighted by Gasteiger charge is -2.31. The molecule has 3 aromatic rings. The van der Waals surface area contributed by atoms with E-state index in [0.717, 1.165) is 16.3 Å². The fourth-order valence-corrected chi connectivity index (χ4v) is 3.55. The van der Waals surface area contributed by atoms with Gasteiger partial charge in [-0.15, -0.1) is 0 Å². The van der Waals surface area contributed by atoms with Crippen LogP contribution in [0.4, 0.5) is 10.6 Å². The fraction of sp³-hybridized carbons (Fsp3) is 0.250. The molecule has 0 saturated heterocycles. The number of pyridine rings is 1. The minimum absolute atomic E-state index is 0.0753. The molecule has 0 bridgehead atoms. The number of benzene rings is 2. The Labute approximate surface area is 201 Å². The van der Waals surface area contributed by atoms with Gasteiger partial charge in [0.15, 0.2) is 0 Å². The molecule has 0 spiro atoms. The minimum Gasteiger partial charge on any atom is -0.481 e. The number of aliphatic carboxylic acids is 1. The number of nitrogens with zero attached hydrogens (tertiary/aromatic N) is 2. The number of carboxylic acid groups (broad SMARTS) is 1. The van der Waals surface area contributed by atoms with Crippen molar-refractivity contribution in [2.24, 2.45) is 0 Å². The van der Waals surface area contributed by atoms with Crippen molar-refractivity contribution in [1.82, 2.24) is 15.4 Å². The van der Waals surface area contributed by atoms with Gasteiger partial charge in [0.25, 0.3) is 0 Å². The summed E-state index contributed by atoms with van der Waals surface area (Å²) < 4.78 is 5.32. The Morgan fingerprint density at radius 3 is 2.53 bits per heavy atom. The summed E-state index contributed by atoms with van der Waals surface area (Å²) >= 11 is 6.18. The summed E-state index contributed by atoms with van der Waals surface area (Å²) in [5.74, 6) is -1.07. The molecule has 9 nitrogen and oxygen atoms in total. The van der Waals surface area contributed by atoms with E-state index in [9.17, 15) is 14.4 Å². The third-order valence-electron chi connectivity index (χ3n) is 5.06. The summed E-state index contributed by atoms with van der Waals surface area (Å²) in [7, 11) is 0. The Balaban J connectivity index is 1.65. The lowest BCUT2D eigenvalue weighted by atomic mass is 10.1. The van der Waals surface area contributed by atoms with Crippen LogP contribution in [0.15, 0.2) is 60.8 Å². The van der Waals surface area contributed by atoms with Crippen LogP contribution in [0.1, 0.15) is 25.3 Å². The van der Waals surface area contributed by atoms with Crippen LogP contribution < -0.4 is 10.7 Å². The van der Waals surface area contributed by atoms with Gasteiger partial charge < -0.3 is 9.84 Å². The maximum absolute atomic E-state index is 12.4. The summed E-state index contributed by atoms with van der Waals surface area (Å²) in [5, 5.41) is 15.3. The van der Waals surface area contributed by atoms with Crippen LogP contribution in [0.3, 0.4) is 0 Å². The molecule has 2 amide bonds. The van der Waals surface area contributed by atoms with Crippen LogP contribution >= 0.6 is 11.6 Å². The SMILES string of the molecule is CC(=O)N(NCc1ccccc1Cl)[C@@H](CCC(=O)O)COC(=O)Nc1cc2ccccc2cn1. The lowest BCUT2D eigenvalue weighted by molar-refractivity contribution is -0.141. The molecule has 1 atom stereocenters. The van der Waals surface area contributed by atoms with E-state index in [0.29, 0.717) is 10.8 Å². The number of anilines is 1. The van der Waals surface area contributed by atoms with Crippen LogP contribution in [-0.2, 0) is 20.9 Å². The van der Waals surface area contributed by atoms with Crippen molar-refractivity contribution >= 4 is 46.2 Å². The van der Waals surface area contributed by atoms with Crippen LogP contribution in [0.2, 0.25) is 5.02 Å². The molecule has 1 aromatic heterocycles. The molecule has 178 valence electrons. The number of carbonyl (C=O) groups excluding carboxylic acids is 2. The van der Waals surface area contributed by atoms with Gasteiger partial charge in [-0.2, -0.15) is 0 Å². The van der Waals surface area contributed by atoms with Crippen LogP contribution in [-0.4, -0.2) is 45.7 Å². The van der Waals surface area contributed by atoms with Crippen molar-refractivity contribution in [2.45, 2.75) is 32.4 Å². The zero-order valence-electron chi connectivity index (χ0n) is 18.5. The number of nitrogens with one attached hydrogen (secondary N) is 2. The summed E-state index contributed by atoms with van der Waals surface area (Å²) in [6.07, 6.45) is 0.736. The van der Waals surface area contributed by atoms with E-state index in [2.05, 4.69) is 15.7 Å². The number of ether oxygens (including phenoxy) is 1. The molecule has 0 aliphatic heterocycles. The fourth-order valence-electron chi connectivity index (χ4n) is 3.35. The van der Waals surface area contributed by atoms with Gasteiger partial charge in [0, 0.05) is 36.5 Å². The molecule has 3 N–H and O–H groups in total. The van der Waals surface area contributed by atoms with E-state index in [1.165, 1.54) is 11.9 Å². The number of rotatable bonds is 10. The van der Waals surface area contributed by atoms with Gasteiger partial charge in [-0.1, -0.05) is 54.1 Å². The zero-order valence-corrected chi connectivity index (χ0v) is 19.3. The van der Waals surface area contributed by atoms with Gasteiger partial charge in [0.1, 0.15) is 12.4 Å². The van der Waals surface area contributed by atoms with Gasteiger partial charge >= 0.3 is 12.1 Å². The first-order valence-electron chi connectivity index (χ1n) is 10.6. The van der Waals surface area contributed by atoms with Gasteiger partial charge in [-0.05, 0) is 29.5 Å². The van der Waals surface area contributed by atoms with Crippen molar-refractivity contribution in [3.05, 3.63) is 71.4 Å². The highest BCUT2D eigenvalue weighted by atomic mass is 35.5. The highest BCUT2D eigenvalue weighted by molar-refractivity contribution is 6.31. The van der Waals surface area contributed by atoms with Crippen LogP contribution in [0.25, 0.3) is 10.8 Å². The van der Waals surface area contributed by atoms with E-state index in [1.807, 2.05) is 30.3 Å². The summed E-state index contributed by atoms with van der Waals surface area (Å²) in [4.78, 5) is 40.0. The molecule has 3 rings (SSSR count). The van der Waals surface area contributed by atoms with E-state index >= 15 is 0 Å². The predicted octanol–water partition coefficient (Wildman–Crippen LogP) is 4.22. The Kier molecular flexibility index (Phi) is 8.78. The number of halogens is 1. The standard InChI is InChI=1S/C24H25ClN4O5/c1-16(30)29(27-14-19-8-4-5-9-21(19)25)20(10-11-23(31)32)15-34-24(33)28-22-12-17-6-2-3-7-18(17)13-26-22/h2-9,12-13,20,27H,10-11,14-15H2,1H3,(H,31,32)(H,26,28,33)/t20-/m0/s1. The lowest BCUT2D eigenvalue weighted by Crippen LogP contribution is -2.50. The van der Waals surface area contributed by atoms with E-state index < -0.39 is 18.1 Å². The molecule has 0 saturated carbocycles. The average Bonchev–Trinajstić information content (AvgIpc) is 2.81. The Morgan fingerprint density at radius 2 is 1.82 bits per heavy atom. The largest absolute Gasteiger partial charge is 0.481 e. The number of carboxylic acids is 1. The Hall–Kier alpha value is -3.69. The average molecular weight is 485 g/mol. The molecule has 0 radical (unpaired) electrons. The number of hydrogen-bond donors (Lipinski definition) is 3. The monoisotopic (exact) mass is 484 g/mol. The Bertz CT molecular complexity index is 1170. The number of hydrazine groups is 1. The summed E-state index contributed by atoms with van der Waals surface area (Å²) in [6, 6.07) is 15.7. The molecule has 0 aliphatic carbocycles. The van der Waals surface area contributed by atoms with Crippen molar-refractivity contribution < 1.29 is 24.2 Å². The first-order valence-corrected chi connectivity index (χ1v) is 11.0. The second kappa shape index (κ2) is 12.0. The number of hydrogen-bond acceptors (Lipinski definition) is 6. The summed E-state index contributed by atoms with van der Waals surface area (Å²) in [5.41, 5.74) is 3.73. The molecule has 1 heterocycles. The topological polar surface area (TPSA) is 121 Å². The third-order valence-corrected chi connectivity index (χ3v) is 5.43. The van der Waals surface area contributed by atoms with Gasteiger partial charge in [-0.25, -0.2) is 15.2 Å². The molecule has 0 unspecified atom stereocenters. The molecule has 34 heavy (non-hydrogen) atoms. The highest BCUT2D eigenvalue weighted by Crippen LogP contribution is 2.17. The summed E-state index contributed by atoms with van der Waals surface area (Å²) in [6.45, 7) is 1.35. The normalized spacial score (nSPS) is 11.6. The van der Waals surface area contributed by atoms with E-state index in [4.69, 9.17) is 21.4 Å². The maximum atomic E-state index is 12.4. The molecule has 2 aromatic carbocycles. The molecular formula is C24H25ClN4O5. The van der Waals surface area contributed by atoms with Crippen molar-refractivity contribution in [2.75, 3.05) is 11.9 Å². The number of aromatic nitrogens is 1. The van der Waals surface area contributed by atoms with Crippen molar-refractivity contribution in [3.63, 3.8) is 0 Å². The highest BCUT2D eigenvalue weighted by Gasteiger charge is 2.24. The van der Waals surface area contributed by atoms with Gasteiger partial charge in [-0.3, -0.25) is 19.9 Å². The van der Waals surface area contributed by atoms with Gasteiger partial charge in [0.2, 0.25) is 5.91 Å². The number of fused-ring (bicyclic) bond motifs is 1. The Morgan fingerprint density at radius 1 is 1.12 bits per heavy atom. The maximum Gasteiger partial charge on any atom is 0.412 e. The second-order valence-corrected chi connectivity index (χ2v) is 7.95. The minimum atomic E-state index is -1.02. The van der Waals surface area contributed by atoms with E-state index in [-0.39, 0.29) is 31.9 Å². The molecular weight excluding hydrogens is 460 g/mol. The van der Waals surface area contributed by atoms with Crippen LogP contribution in [0, 0.1) is 0 Å². The van der Waals surface area contributed by atoms with Gasteiger partial charge in [0.05, 0.1) is 6.04 Å². The third kappa shape index (κ3) is 7.16. The molecule has 0 fully saturated rings. The molecule has 10 heteroatoms. The first kappa shape index (κ1) is 24.9. The number of carbonyl (C=O) groups is 3. The first-order chi connectivity index (χ1) is 16.3. The zero-order chi connectivity index (χ0) is 24.5. The number of amides is 2. The van der Waals surface area contributed by atoms with Crippen LogP contribution in [0.5, 0.6) is 0 Å². The smallest absolute Gasteiger partial charge is 0.412 e. The van der Waals surface area contributed by atoms with E-state index in [1.54, 1.807) is 30.5 Å². The predicted molar refractivity (Wildman–Crippen MR) is 128 cm³/mol. The van der Waals surface area contributed by atoms with Crippen molar-refractivity contribution in [3.8, 4) is 0 Å². The second-order valence-electron chi connectivity index (χ2n) is 7.54. The quantitative estimate of drug-likeness (QED) is 0.368. The van der Waals surface area contributed by atoms with Crippen molar-refractivity contribution in [1.29, 1.82) is 0 Å².